The highest BCUT2D eigenvalue weighted by molar-refractivity contribution is 5.48. The molecule has 1 aromatic rings. The minimum Gasteiger partial charge on any atom is -0.391 e. The van der Waals surface area contributed by atoms with Gasteiger partial charge in [0, 0.05) is 12.7 Å². The molecule has 2 nitrogen and oxygen atoms in total. The van der Waals surface area contributed by atoms with Gasteiger partial charge in [-0.3, -0.25) is 0 Å². The molecular weight excluding hydrogens is 198 g/mol. The first-order valence-corrected chi connectivity index (χ1v) is 6.16. The van der Waals surface area contributed by atoms with E-state index in [1.807, 2.05) is 0 Å². The third-order valence-corrected chi connectivity index (χ3v) is 3.60. The lowest BCUT2D eigenvalue weighted by Gasteiger charge is -2.36. The van der Waals surface area contributed by atoms with E-state index in [0.29, 0.717) is 0 Å². The molecule has 0 spiro atoms. The van der Waals surface area contributed by atoms with Crippen molar-refractivity contribution in [1.29, 1.82) is 0 Å². The zero-order valence-corrected chi connectivity index (χ0v) is 10.2. The number of rotatable bonds is 2. The normalized spacial score (nSPS) is 25.4. The SMILES string of the molecule is Cc1cccc(N(C)[C@@H]2CCCC[C@H]2O)c1. The van der Waals surface area contributed by atoms with Gasteiger partial charge in [-0.1, -0.05) is 25.0 Å². The number of aliphatic hydroxyl groups is 1. The van der Waals surface area contributed by atoms with Gasteiger partial charge in [-0.25, -0.2) is 0 Å². The van der Waals surface area contributed by atoms with Crippen LogP contribution in [0.15, 0.2) is 24.3 Å². The number of hydrogen-bond acceptors (Lipinski definition) is 2. The second-order valence-electron chi connectivity index (χ2n) is 4.87. The van der Waals surface area contributed by atoms with Crippen molar-refractivity contribution >= 4 is 5.69 Å². The lowest BCUT2D eigenvalue weighted by molar-refractivity contribution is 0.106. The molecule has 88 valence electrons. The molecule has 16 heavy (non-hydrogen) atoms. The largest absolute Gasteiger partial charge is 0.391 e. The molecule has 0 heterocycles. The van der Waals surface area contributed by atoms with E-state index >= 15 is 0 Å². The molecule has 1 fully saturated rings. The first-order valence-electron chi connectivity index (χ1n) is 6.16. The summed E-state index contributed by atoms with van der Waals surface area (Å²) in [5.41, 5.74) is 2.49. The molecule has 2 atom stereocenters. The van der Waals surface area contributed by atoms with Crippen LogP contribution in [0.1, 0.15) is 31.2 Å². The fourth-order valence-corrected chi connectivity index (χ4v) is 2.58. The topological polar surface area (TPSA) is 23.5 Å². The van der Waals surface area contributed by atoms with Gasteiger partial charge in [0.2, 0.25) is 0 Å². The van der Waals surface area contributed by atoms with Gasteiger partial charge in [-0.15, -0.1) is 0 Å². The highest BCUT2D eigenvalue weighted by Gasteiger charge is 2.26. The number of aliphatic hydroxyl groups excluding tert-OH is 1. The number of anilines is 1. The van der Waals surface area contributed by atoms with E-state index in [2.05, 4.69) is 43.1 Å². The van der Waals surface area contributed by atoms with Gasteiger partial charge in [0.25, 0.3) is 0 Å². The summed E-state index contributed by atoms with van der Waals surface area (Å²) in [4.78, 5) is 2.23. The molecule has 1 N–H and O–H groups in total. The molecular formula is C14H21NO. The van der Waals surface area contributed by atoms with E-state index in [-0.39, 0.29) is 12.1 Å². The Morgan fingerprint density at radius 1 is 1.25 bits per heavy atom. The lowest BCUT2D eigenvalue weighted by Crippen LogP contribution is -2.43. The molecule has 1 saturated carbocycles. The van der Waals surface area contributed by atoms with E-state index < -0.39 is 0 Å². The molecule has 1 aliphatic carbocycles. The molecule has 1 aliphatic rings. The molecule has 1 aromatic carbocycles. The van der Waals surface area contributed by atoms with Gasteiger partial charge in [0.05, 0.1) is 12.1 Å². The Labute approximate surface area is 97.9 Å². The van der Waals surface area contributed by atoms with Gasteiger partial charge in [0.15, 0.2) is 0 Å². The monoisotopic (exact) mass is 219 g/mol. The maximum Gasteiger partial charge on any atom is 0.0743 e. The van der Waals surface area contributed by atoms with Crippen LogP contribution in [0.2, 0.25) is 0 Å². The Morgan fingerprint density at radius 2 is 2.00 bits per heavy atom. The molecule has 0 radical (unpaired) electrons. The van der Waals surface area contributed by atoms with Crippen molar-refractivity contribution in [3.8, 4) is 0 Å². The summed E-state index contributed by atoms with van der Waals surface area (Å²) < 4.78 is 0. The van der Waals surface area contributed by atoms with Gasteiger partial charge in [-0.2, -0.15) is 0 Å². The Balaban J connectivity index is 2.14. The Hall–Kier alpha value is -1.02. The first-order chi connectivity index (χ1) is 7.68. The molecule has 0 unspecified atom stereocenters. The van der Waals surface area contributed by atoms with Crippen molar-refractivity contribution in [3.05, 3.63) is 29.8 Å². The van der Waals surface area contributed by atoms with Gasteiger partial charge < -0.3 is 10.0 Å². The van der Waals surface area contributed by atoms with E-state index in [1.54, 1.807) is 0 Å². The smallest absolute Gasteiger partial charge is 0.0743 e. The minimum absolute atomic E-state index is 0.167. The Morgan fingerprint density at radius 3 is 2.69 bits per heavy atom. The fourth-order valence-electron chi connectivity index (χ4n) is 2.58. The van der Waals surface area contributed by atoms with E-state index in [4.69, 9.17) is 0 Å². The first kappa shape index (κ1) is 11.5. The van der Waals surface area contributed by atoms with Crippen molar-refractivity contribution < 1.29 is 5.11 Å². The molecule has 2 rings (SSSR count). The van der Waals surface area contributed by atoms with E-state index in [1.165, 1.54) is 24.1 Å². The van der Waals surface area contributed by atoms with Crippen LogP contribution >= 0.6 is 0 Å². The quantitative estimate of drug-likeness (QED) is 0.826. The van der Waals surface area contributed by atoms with Crippen molar-refractivity contribution in [2.24, 2.45) is 0 Å². The lowest BCUT2D eigenvalue weighted by atomic mass is 9.91. The van der Waals surface area contributed by atoms with Crippen molar-refractivity contribution in [2.45, 2.75) is 44.8 Å². The van der Waals surface area contributed by atoms with Crippen LogP contribution in [0.3, 0.4) is 0 Å². The Bertz CT molecular complexity index is 350. The summed E-state index contributed by atoms with van der Waals surface area (Å²) in [6.45, 7) is 2.11. The van der Waals surface area contributed by atoms with Crippen LogP contribution in [-0.4, -0.2) is 24.3 Å². The highest BCUT2D eigenvalue weighted by atomic mass is 16.3. The molecule has 0 saturated heterocycles. The maximum absolute atomic E-state index is 10.0. The summed E-state index contributed by atoms with van der Waals surface area (Å²) >= 11 is 0. The number of aryl methyl sites for hydroxylation is 1. The van der Waals surface area contributed by atoms with Crippen LogP contribution in [0, 0.1) is 6.92 Å². The summed E-state index contributed by atoms with van der Waals surface area (Å²) in [7, 11) is 2.09. The third-order valence-electron chi connectivity index (χ3n) is 3.60. The summed E-state index contributed by atoms with van der Waals surface area (Å²) in [6.07, 6.45) is 4.28. The average molecular weight is 219 g/mol. The van der Waals surface area contributed by atoms with Crippen molar-refractivity contribution in [1.82, 2.24) is 0 Å². The van der Waals surface area contributed by atoms with Crippen molar-refractivity contribution in [2.75, 3.05) is 11.9 Å². The number of hydrogen-bond donors (Lipinski definition) is 1. The van der Waals surface area contributed by atoms with Gasteiger partial charge in [-0.05, 0) is 37.5 Å². The second kappa shape index (κ2) is 4.88. The van der Waals surface area contributed by atoms with Gasteiger partial charge >= 0.3 is 0 Å². The van der Waals surface area contributed by atoms with Gasteiger partial charge in [0.1, 0.15) is 0 Å². The van der Waals surface area contributed by atoms with E-state index in [9.17, 15) is 5.11 Å². The predicted octanol–water partition coefficient (Wildman–Crippen LogP) is 2.73. The van der Waals surface area contributed by atoms with Crippen LogP contribution < -0.4 is 4.90 Å². The van der Waals surface area contributed by atoms with Crippen molar-refractivity contribution in [3.63, 3.8) is 0 Å². The summed E-state index contributed by atoms with van der Waals surface area (Å²) in [6, 6.07) is 8.77. The zero-order chi connectivity index (χ0) is 11.5. The predicted molar refractivity (Wildman–Crippen MR) is 67.8 cm³/mol. The number of nitrogens with zero attached hydrogens (tertiary/aromatic N) is 1. The van der Waals surface area contributed by atoms with Crippen LogP contribution in [0.4, 0.5) is 5.69 Å². The van der Waals surface area contributed by atoms with Crippen LogP contribution in [0.25, 0.3) is 0 Å². The summed E-state index contributed by atoms with van der Waals surface area (Å²) in [5.74, 6) is 0. The third kappa shape index (κ3) is 2.38. The molecule has 0 bridgehead atoms. The standard InChI is InChI=1S/C14H21NO/c1-11-6-5-7-12(10-11)15(2)13-8-3-4-9-14(13)16/h5-7,10,13-14,16H,3-4,8-9H2,1-2H3/t13-,14-/m1/s1. The van der Waals surface area contributed by atoms with Crippen LogP contribution in [-0.2, 0) is 0 Å². The molecule has 0 aliphatic heterocycles. The zero-order valence-electron chi connectivity index (χ0n) is 10.2. The number of likely N-dealkylation sites (N-methyl/N-ethyl adjacent to an activating group) is 1. The van der Waals surface area contributed by atoms with Crippen LogP contribution in [0.5, 0.6) is 0 Å². The Kier molecular flexibility index (Phi) is 3.49. The fraction of sp³-hybridized carbons (Fsp3) is 0.571. The average Bonchev–Trinajstić information content (AvgIpc) is 2.29. The minimum atomic E-state index is -0.167. The second-order valence-corrected chi connectivity index (χ2v) is 4.87. The molecule has 0 aromatic heterocycles. The highest BCUT2D eigenvalue weighted by Crippen LogP contribution is 2.26. The maximum atomic E-state index is 10.0. The molecule has 0 amide bonds. The van der Waals surface area contributed by atoms with E-state index in [0.717, 1.165) is 12.8 Å². The molecule has 2 heteroatoms. The summed E-state index contributed by atoms with van der Waals surface area (Å²) in [5, 5.41) is 10.0. The number of benzene rings is 1.